The largest absolute Gasteiger partial charge is 0.317 e. The Morgan fingerprint density at radius 3 is 2.65 bits per heavy atom. The highest BCUT2D eigenvalue weighted by Gasteiger charge is 2.17. The number of hydrogen-bond donors (Lipinski definition) is 2. The molecule has 1 aliphatic carbocycles. The summed E-state index contributed by atoms with van der Waals surface area (Å²) in [5.41, 5.74) is 2.50. The van der Waals surface area contributed by atoms with Crippen molar-refractivity contribution in [2.75, 3.05) is 7.05 Å². The zero-order valence-corrected chi connectivity index (χ0v) is 11.6. The van der Waals surface area contributed by atoms with Gasteiger partial charge in [0, 0.05) is 17.8 Å². The number of halogens is 1. The number of nitrogens with zero attached hydrogens (tertiary/aromatic N) is 1. The smallest absolute Gasteiger partial charge is 0.153 e. The zero-order chi connectivity index (χ0) is 14.5. The van der Waals surface area contributed by atoms with E-state index in [9.17, 15) is 9.18 Å². The normalized spacial score (nSPS) is 13.6. The van der Waals surface area contributed by atoms with E-state index in [4.69, 9.17) is 0 Å². The number of hydrogen-bond acceptors (Lipinski definition) is 3. The van der Waals surface area contributed by atoms with Crippen LogP contribution in [-0.2, 0) is 0 Å². The fourth-order valence-corrected chi connectivity index (χ4v) is 1.86. The second-order valence-electron chi connectivity index (χ2n) is 4.86. The van der Waals surface area contributed by atoms with Crippen molar-refractivity contribution in [1.29, 1.82) is 0 Å². The molecule has 0 radical (unpaired) electrons. The van der Waals surface area contributed by atoms with Gasteiger partial charge in [-0.3, -0.25) is 9.89 Å². The van der Waals surface area contributed by atoms with E-state index in [-0.39, 0.29) is 5.56 Å². The molecule has 5 heteroatoms. The number of aromatic nitrogens is 2. The number of carbonyl (C=O) groups excluding carboxylic acids is 1. The maximum Gasteiger partial charge on any atom is 0.153 e. The van der Waals surface area contributed by atoms with Crippen molar-refractivity contribution in [3.8, 4) is 11.1 Å². The standard InChI is InChI=1S/C11H9FN2O.C4H9N/c1-7-2-11(12)8(6-15)3-10(7)9-4-13-14-5-9;1-5-4-2-3-4/h2-6H,1H3,(H,13,14);4-5H,2-3H2,1H3. The lowest BCUT2D eigenvalue weighted by atomic mass is 10.0. The highest BCUT2D eigenvalue weighted by molar-refractivity contribution is 5.80. The van der Waals surface area contributed by atoms with Crippen LogP contribution in [0.25, 0.3) is 11.1 Å². The van der Waals surface area contributed by atoms with Crippen molar-refractivity contribution < 1.29 is 9.18 Å². The number of carbonyl (C=O) groups is 1. The first-order valence-corrected chi connectivity index (χ1v) is 6.57. The summed E-state index contributed by atoms with van der Waals surface area (Å²) in [6.45, 7) is 1.79. The summed E-state index contributed by atoms with van der Waals surface area (Å²) >= 11 is 0. The quantitative estimate of drug-likeness (QED) is 0.847. The second kappa shape index (κ2) is 6.43. The summed E-state index contributed by atoms with van der Waals surface area (Å²) in [6, 6.07) is 3.77. The van der Waals surface area contributed by atoms with Gasteiger partial charge in [-0.25, -0.2) is 4.39 Å². The van der Waals surface area contributed by atoms with Gasteiger partial charge in [0.2, 0.25) is 0 Å². The molecule has 0 bridgehead atoms. The van der Waals surface area contributed by atoms with E-state index in [0.717, 1.165) is 22.7 Å². The molecular weight excluding hydrogens is 257 g/mol. The van der Waals surface area contributed by atoms with E-state index in [1.54, 1.807) is 19.3 Å². The minimum Gasteiger partial charge on any atom is -0.317 e. The van der Waals surface area contributed by atoms with Gasteiger partial charge >= 0.3 is 0 Å². The molecule has 0 amide bonds. The topological polar surface area (TPSA) is 57.8 Å². The van der Waals surface area contributed by atoms with Crippen LogP contribution in [0.3, 0.4) is 0 Å². The lowest BCUT2D eigenvalue weighted by Crippen LogP contribution is -2.06. The molecule has 1 aliphatic rings. The fraction of sp³-hybridized carbons (Fsp3) is 0.333. The Labute approximate surface area is 117 Å². The first kappa shape index (κ1) is 14.4. The number of rotatable bonds is 3. The molecule has 0 spiro atoms. The van der Waals surface area contributed by atoms with E-state index >= 15 is 0 Å². The van der Waals surface area contributed by atoms with Crippen molar-refractivity contribution in [3.05, 3.63) is 41.5 Å². The van der Waals surface area contributed by atoms with Crippen molar-refractivity contribution in [2.45, 2.75) is 25.8 Å². The molecule has 106 valence electrons. The molecule has 1 aromatic carbocycles. The van der Waals surface area contributed by atoms with E-state index < -0.39 is 5.82 Å². The third-order valence-electron chi connectivity index (χ3n) is 3.27. The van der Waals surface area contributed by atoms with Crippen molar-refractivity contribution in [2.24, 2.45) is 0 Å². The highest BCUT2D eigenvalue weighted by Crippen LogP contribution is 2.24. The predicted octanol–water partition coefficient (Wildman–Crippen LogP) is 2.70. The summed E-state index contributed by atoms with van der Waals surface area (Å²) < 4.78 is 13.2. The van der Waals surface area contributed by atoms with Gasteiger partial charge in [0.25, 0.3) is 0 Å². The minimum absolute atomic E-state index is 0.0665. The summed E-state index contributed by atoms with van der Waals surface area (Å²) in [5, 5.41) is 9.62. The molecule has 0 aliphatic heterocycles. The Kier molecular flexibility index (Phi) is 4.63. The summed E-state index contributed by atoms with van der Waals surface area (Å²) in [4.78, 5) is 10.6. The fourth-order valence-electron chi connectivity index (χ4n) is 1.86. The number of H-pyrrole nitrogens is 1. The maximum atomic E-state index is 13.2. The third kappa shape index (κ3) is 3.51. The maximum absolute atomic E-state index is 13.2. The van der Waals surface area contributed by atoms with Crippen LogP contribution in [0.15, 0.2) is 24.5 Å². The van der Waals surface area contributed by atoms with Crippen LogP contribution in [-0.4, -0.2) is 29.6 Å². The van der Waals surface area contributed by atoms with Crippen LogP contribution in [0, 0.1) is 12.7 Å². The molecule has 1 aromatic heterocycles. The van der Waals surface area contributed by atoms with Crippen molar-refractivity contribution in [3.63, 3.8) is 0 Å². The monoisotopic (exact) mass is 275 g/mol. The zero-order valence-electron chi connectivity index (χ0n) is 11.6. The Morgan fingerprint density at radius 1 is 1.45 bits per heavy atom. The molecular formula is C15H18FN3O. The molecule has 0 unspecified atom stereocenters. The number of nitrogens with one attached hydrogen (secondary N) is 2. The van der Waals surface area contributed by atoms with Gasteiger partial charge in [-0.1, -0.05) is 0 Å². The number of benzene rings is 1. The van der Waals surface area contributed by atoms with E-state index in [1.807, 2.05) is 7.05 Å². The van der Waals surface area contributed by atoms with Crippen molar-refractivity contribution in [1.82, 2.24) is 15.5 Å². The summed E-state index contributed by atoms with van der Waals surface area (Å²) in [6.07, 6.45) is 6.65. The van der Waals surface area contributed by atoms with Crippen LogP contribution in [0.4, 0.5) is 4.39 Å². The van der Waals surface area contributed by atoms with Crippen LogP contribution in [0.2, 0.25) is 0 Å². The second-order valence-corrected chi connectivity index (χ2v) is 4.86. The van der Waals surface area contributed by atoms with Crippen LogP contribution >= 0.6 is 0 Å². The van der Waals surface area contributed by atoms with Gasteiger partial charge in [-0.15, -0.1) is 0 Å². The van der Waals surface area contributed by atoms with Crippen LogP contribution < -0.4 is 5.32 Å². The van der Waals surface area contributed by atoms with Gasteiger partial charge in [0.15, 0.2) is 6.29 Å². The summed E-state index contributed by atoms with van der Waals surface area (Å²) in [5.74, 6) is -0.491. The average molecular weight is 275 g/mol. The molecule has 1 heterocycles. The van der Waals surface area contributed by atoms with Gasteiger partial charge in [-0.05, 0) is 50.1 Å². The number of aldehydes is 1. The molecule has 2 N–H and O–H groups in total. The van der Waals surface area contributed by atoms with E-state index in [1.165, 1.54) is 25.0 Å². The first-order chi connectivity index (χ1) is 9.65. The number of aryl methyl sites for hydroxylation is 1. The summed E-state index contributed by atoms with van der Waals surface area (Å²) in [7, 11) is 2.01. The van der Waals surface area contributed by atoms with Crippen LogP contribution in [0.1, 0.15) is 28.8 Å². The van der Waals surface area contributed by atoms with E-state index in [2.05, 4.69) is 15.5 Å². The Balaban J connectivity index is 0.000000247. The molecule has 1 fully saturated rings. The SMILES string of the molecule is CNC1CC1.Cc1cc(F)c(C=O)cc1-c1cn[nH]c1. The molecule has 3 rings (SSSR count). The Hall–Kier alpha value is -2.01. The highest BCUT2D eigenvalue weighted by atomic mass is 19.1. The molecule has 1 saturated carbocycles. The molecule has 0 saturated heterocycles. The van der Waals surface area contributed by atoms with Gasteiger partial charge in [-0.2, -0.15) is 5.10 Å². The lowest BCUT2D eigenvalue weighted by molar-refractivity contribution is 0.112. The Morgan fingerprint density at radius 2 is 2.20 bits per heavy atom. The van der Waals surface area contributed by atoms with Crippen LogP contribution in [0.5, 0.6) is 0 Å². The predicted molar refractivity (Wildman–Crippen MR) is 76.2 cm³/mol. The van der Waals surface area contributed by atoms with Crippen molar-refractivity contribution >= 4 is 6.29 Å². The van der Waals surface area contributed by atoms with Gasteiger partial charge in [0.1, 0.15) is 5.82 Å². The van der Waals surface area contributed by atoms with E-state index in [0.29, 0.717) is 6.29 Å². The number of aromatic amines is 1. The molecule has 2 aromatic rings. The average Bonchev–Trinajstić information content (AvgIpc) is 3.14. The first-order valence-electron chi connectivity index (χ1n) is 6.57. The third-order valence-corrected chi connectivity index (χ3v) is 3.27. The van der Waals surface area contributed by atoms with Gasteiger partial charge < -0.3 is 5.32 Å². The molecule has 0 atom stereocenters. The molecule has 20 heavy (non-hydrogen) atoms. The van der Waals surface area contributed by atoms with Gasteiger partial charge in [0.05, 0.1) is 11.8 Å². The lowest BCUT2D eigenvalue weighted by Gasteiger charge is -2.04. The Bertz CT molecular complexity index is 577. The minimum atomic E-state index is -0.491. The molecule has 4 nitrogen and oxygen atoms in total.